The second-order valence-electron chi connectivity index (χ2n) is 6.22. The summed E-state index contributed by atoms with van der Waals surface area (Å²) < 4.78 is 0. The topological polar surface area (TPSA) is 66.9 Å². The smallest absolute Gasteiger partial charge is 0.275 e. The van der Waals surface area contributed by atoms with E-state index in [1.165, 1.54) is 22.9 Å². The molecule has 3 rings (SSSR count). The van der Waals surface area contributed by atoms with E-state index in [2.05, 4.69) is 53.5 Å². The molecule has 0 aliphatic carbocycles. The molecule has 0 spiro atoms. The predicted molar refractivity (Wildman–Crippen MR) is 105 cm³/mol. The quantitative estimate of drug-likeness (QED) is 0.705. The molecule has 1 amide bonds. The molecular weight excluding hydrogens is 324 g/mol. The third kappa shape index (κ3) is 4.25. The van der Waals surface area contributed by atoms with Crippen molar-refractivity contribution in [3.63, 3.8) is 0 Å². The Balaban J connectivity index is 1.66. The van der Waals surface area contributed by atoms with Gasteiger partial charge in [-0.15, -0.1) is 0 Å². The van der Waals surface area contributed by atoms with Crippen LogP contribution in [0.2, 0.25) is 0 Å². The predicted octanol–water partition coefficient (Wildman–Crippen LogP) is 4.65. The fourth-order valence-electron chi connectivity index (χ4n) is 2.50. The zero-order valence-electron chi connectivity index (χ0n) is 15.2. The molecule has 5 heteroatoms. The van der Waals surface area contributed by atoms with Crippen molar-refractivity contribution in [3.8, 4) is 0 Å². The van der Waals surface area contributed by atoms with Crippen LogP contribution in [0.25, 0.3) is 0 Å². The first-order valence-corrected chi connectivity index (χ1v) is 8.62. The van der Waals surface area contributed by atoms with Gasteiger partial charge in [0.2, 0.25) is 0 Å². The number of nitrogens with one attached hydrogen (secondary N) is 2. The molecule has 1 heterocycles. The highest BCUT2D eigenvalue weighted by molar-refractivity contribution is 6.02. The molecule has 1 aromatic heterocycles. The van der Waals surface area contributed by atoms with Crippen molar-refractivity contribution in [1.29, 1.82) is 0 Å². The van der Waals surface area contributed by atoms with E-state index < -0.39 is 0 Å². The number of anilines is 3. The Kier molecular flexibility index (Phi) is 5.27. The average Bonchev–Trinajstić information content (AvgIpc) is 2.66. The Labute approximate surface area is 153 Å². The minimum atomic E-state index is -0.278. The van der Waals surface area contributed by atoms with Gasteiger partial charge in [0.1, 0.15) is 11.5 Å². The number of carbonyl (C=O) groups is 1. The van der Waals surface area contributed by atoms with E-state index in [0.29, 0.717) is 5.82 Å². The first kappa shape index (κ1) is 17.6. The lowest BCUT2D eigenvalue weighted by molar-refractivity contribution is 0.102. The zero-order valence-corrected chi connectivity index (χ0v) is 15.2. The van der Waals surface area contributed by atoms with Gasteiger partial charge in [-0.2, -0.15) is 0 Å². The van der Waals surface area contributed by atoms with Crippen molar-refractivity contribution in [2.75, 3.05) is 10.6 Å². The van der Waals surface area contributed by atoms with Crippen molar-refractivity contribution in [1.82, 2.24) is 9.97 Å². The van der Waals surface area contributed by atoms with Crippen molar-refractivity contribution >= 4 is 23.1 Å². The highest BCUT2D eigenvalue weighted by Gasteiger charge is 2.09. The molecule has 0 saturated carbocycles. The summed E-state index contributed by atoms with van der Waals surface area (Å²) in [7, 11) is 0. The number of hydrogen-bond donors (Lipinski definition) is 2. The number of aromatic nitrogens is 2. The molecule has 0 unspecified atom stereocenters. The highest BCUT2D eigenvalue weighted by atomic mass is 16.1. The number of carbonyl (C=O) groups excluding carboxylic acids is 1. The normalized spacial score (nSPS) is 10.4. The van der Waals surface area contributed by atoms with Gasteiger partial charge in [0, 0.05) is 11.4 Å². The molecule has 0 radical (unpaired) electrons. The first-order chi connectivity index (χ1) is 12.5. The number of amides is 1. The van der Waals surface area contributed by atoms with Gasteiger partial charge in [-0.05, 0) is 61.2 Å². The molecule has 5 nitrogen and oxygen atoms in total. The van der Waals surface area contributed by atoms with Gasteiger partial charge in [0.25, 0.3) is 5.91 Å². The monoisotopic (exact) mass is 346 g/mol. The average molecular weight is 346 g/mol. The largest absolute Gasteiger partial charge is 0.339 e. The molecule has 3 aromatic rings. The standard InChI is InChI=1S/C21H22N4O/c1-4-16-6-9-17(10-7-16)25-21(26)19-12-23-20(13-22-19)24-18-8-5-14(2)15(3)11-18/h5-13H,4H2,1-3H3,(H,23,24)(H,25,26). The van der Waals surface area contributed by atoms with Gasteiger partial charge in [0.15, 0.2) is 0 Å². The number of nitrogens with zero attached hydrogens (tertiary/aromatic N) is 2. The third-order valence-corrected chi connectivity index (χ3v) is 4.28. The molecule has 0 saturated heterocycles. The van der Waals surface area contributed by atoms with Crippen LogP contribution in [-0.4, -0.2) is 15.9 Å². The third-order valence-electron chi connectivity index (χ3n) is 4.28. The zero-order chi connectivity index (χ0) is 18.5. The number of rotatable bonds is 5. The van der Waals surface area contributed by atoms with Crippen molar-refractivity contribution < 1.29 is 4.79 Å². The van der Waals surface area contributed by atoms with E-state index >= 15 is 0 Å². The fourth-order valence-corrected chi connectivity index (χ4v) is 2.50. The number of hydrogen-bond acceptors (Lipinski definition) is 4. The Morgan fingerprint density at radius 3 is 2.27 bits per heavy atom. The number of benzene rings is 2. The minimum absolute atomic E-state index is 0.273. The summed E-state index contributed by atoms with van der Waals surface area (Å²) in [6.07, 6.45) is 4.00. The van der Waals surface area contributed by atoms with Crippen LogP contribution in [0.15, 0.2) is 54.9 Å². The van der Waals surface area contributed by atoms with E-state index in [9.17, 15) is 4.79 Å². The fraction of sp³-hybridized carbons (Fsp3) is 0.190. The van der Waals surface area contributed by atoms with Crippen LogP contribution in [-0.2, 0) is 6.42 Å². The lowest BCUT2D eigenvalue weighted by Gasteiger charge is -2.09. The maximum atomic E-state index is 12.3. The van der Waals surface area contributed by atoms with E-state index in [1.54, 1.807) is 6.20 Å². The minimum Gasteiger partial charge on any atom is -0.339 e. The highest BCUT2D eigenvalue weighted by Crippen LogP contribution is 2.18. The van der Waals surface area contributed by atoms with E-state index in [4.69, 9.17) is 0 Å². The SMILES string of the molecule is CCc1ccc(NC(=O)c2cnc(Nc3ccc(C)c(C)c3)cn2)cc1. The van der Waals surface area contributed by atoms with Crippen molar-refractivity contribution in [2.24, 2.45) is 0 Å². The van der Waals surface area contributed by atoms with Gasteiger partial charge in [-0.1, -0.05) is 25.1 Å². The molecule has 0 aliphatic rings. The lowest BCUT2D eigenvalue weighted by atomic mass is 10.1. The van der Waals surface area contributed by atoms with E-state index in [1.807, 2.05) is 30.3 Å². The molecule has 0 fully saturated rings. The second kappa shape index (κ2) is 7.78. The summed E-state index contributed by atoms with van der Waals surface area (Å²) in [6, 6.07) is 13.9. The van der Waals surface area contributed by atoms with Crippen LogP contribution in [0.5, 0.6) is 0 Å². The Hall–Kier alpha value is -3.21. The summed E-state index contributed by atoms with van der Waals surface area (Å²) in [5.41, 5.74) is 5.62. The van der Waals surface area contributed by atoms with Gasteiger partial charge < -0.3 is 10.6 Å². The van der Waals surface area contributed by atoms with Crippen LogP contribution in [0.4, 0.5) is 17.2 Å². The van der Waals surface area contributed by atoms with E-state index in [0.717, 1.165) is 17.8 Å². The summed E-state index contributed by atoms with van der Waals surface area (Å²) >= 11 is 0. The van der Waals surface area contributed by atoms with Crippen molar-refractivity contribution in [3.05, 3.63) is 77.2 Å². The van der Waals surface area contributed by atoms with E-state index in [-0.39, 0.29) is 11.6 Å². The molecule has 0 atom stereocenters. The van der Waals surface area contributed by atoms with Gasteiger partial charge in [-0.3, -0.25) is 4.79 Å². The summed E-state index contributed by atoms with van der Waals surface area (Å²) in [4.78, 5) is 20.8. The molecule has 0 bridgehead atoms. The van der Waals surface area contributed by atoms with Gasteiger partial charge in [-0.25, -0.2) is 9.97 Å². The molecule has 0 aliphatic heterocycles. The first-order valence-electron chi connectivity index (χ1n) is 8.62. The van der Waals surface area contributed by atoms with Crippen LogP contribution >= 0.6 is 0 Å². The van der Waals surface area contributed by atoms with Crippen LogP contribution in [0, 0.1) is 13.8 Å². The van der Waals surface area contributed by atoms with Crippen LogP contribution < -0.4 is 10.6 Å². The summed E-state index contributed by atoms with van der Waals surface area (Å²) in [6.45, 7) is 6.23. The molecule has 132 valence electrons. The molecular formula is C21H22N4O. The van der Waals surface area contributed by atoms with Gasteiger partial charge in [0.05, 0.1) is 12.4 Å². The van der Waals surface area contributed by atoms with Crippen molar-refractivity contribution in [2.45, 2.75) is 27.2 Å². The summed E-state index contributed by atoms with van der Waals surface area (Å²) in [5.74, 6) is 0.316. The molecule has 2 N–H and O–H groups in total. The van der Waals surface area contributed by atoms with Crippen LogP contribution in [0.3, 0.4) is 0 Å². The Morgan fingerprint density at radius 2 is 1.65 bits per heavy atom. The maximum absolute atomic E-state index is 12.3. The lowest BCUT2D eigenvalue weighted by Crippen LogP contribution is -2.14. The molecule has 2 aromatic carbocycles. The number of aryl methyl sites for hydroxylation is 3. The van der Waals surface area contributed by atoms with Gasteiger partial charge >= 0.3 is 0 Å². The summed E-state index contributed by atoms with van der Waals surface area (Å²) in [5, 5.41) is 6.03. The molecule has 26 heavy (non-hydrogen) atoms. The van der Waals surface area contributed by atoms with Crippen LogP contribution in [0.1, 0.15) is 34.1 Å². The maximum Gasteiger partial charge on any atom is 0.275 e. The Morgan fingerprint density at radius 1 is 0.923 bits per heavy atom. The second-order valence-corrected chi connectivity index (χ2v) is 6.22. The Bertz CT molecular complexity index is 902.